The van der Waals surface area contributed by atoms with Gasteiger partial charge in [0, 0.05) is 21.6 Å². The predicted octanol–water partition coefficient (Wildman–Crippen LogP) is 5.78. The number of benzene rings is 2. The van der Waals surface area contributed by atoms with Gasteiger partial charge in [-0.3, -0.25) is 4.79 Å². The van der Waals surface area contributed by atoms with E-state index in [0.29, 0.717) is 5.75 Å². The van der Waals surface area contributed by atoms with Crippen LogP contribution in [0.5, 0.6) is 0 Å². The van der Waals surface area contributed by atoms with E-state index in [1.54, 1.807) is 41.3 Å². The van der Waals surface area contributed by atoms with Crippen LogP contribution in [0.25, 0.3) is 0 Å². The Hall–Kier alpha value is -2.32. The van der Waals surface area contributed by atoms with Crippen molar-refractivity contribution in [3.63, 3.8) is 0 Å². The van der Waals surface area contributed by atoms with Crippen LogP contribution in [0.4, 0.5) is 13.2 Å². The Bertz CT molecular complexity index is 925. The van der Waals surface area contributed by atoms with Crippen molar-refractivity contribution in [1.29, 1.82) is 0 Å². The van der Waals surface area contributed by atoms with Crippen molar-refractivity contribution >= 4 is 29.0 Å². The second-order valence-electron chi connectivity index (χ2n) is 6.03. The van der Waals surface area contributed by atoms with E-state index < -0.39 is 18.1 Å². The predicted molar refractivity (Wildman–Crippen MR) is 106 cm³/mol. The molecule has 2 aromatic carbocycles. The van der Waals surface area contributed by atoms with E-state index in [-0.39, 0.29) is 11.1 Å². The van der Waals surface area contributed by atoms with Gasteiger partial charge >= 0.3 is 6.18 Å². The fourth-order valence-corrected chi connectivity index (χ4v) is 4.06. The number of amides is 1. The zero-order chi connectivity index (χ0) is 20.1. The number of carbonyl (C=O) groups is 1. The van der Waals surface area contributed by atoms with E-state index in [2.05, 4.69) is 10.3 Å². The smallest absolute Gasteiger partial charge is 0.337 e. The third kappa shape index (κ3) is 5.36. The van der Waals surface area contributed by atoms with Crippen molar-refractivity contribution in [1.82, 2.24) is 10.3 Å². The number of aromatic nitrogens is 1. The normalized spacial score (nSPS) is 12.6. The third-order valence-corrected chi connectivity index (χ3v) is 5.77. The molecule has 0 aliphatic heterocycles. The number of halogens is 3. The van der Waals surface area contributed by atoms with Gasteiger partial charge in [-0.15, -0.1) is 23.1 Å². The number of nitrogens with one attached hydrogen (secondary N) is 1. The first-order chi connectivity index (χ1) is 13.3. The molecule has 8 heteroatoms. The number of thiazole rings is 1. The lowest BCUT2D eigenvalue weighted by molar-refractivity contribution is -0.155. The largest absolute Gasteiger partial charge is 0.412 e. The summed E-state index contributed by atoms with van der Waals surface area (Å²) in [6, 6.07) is 11.8. The van der Waals surface area contributed by atoms with Crippen LogP contribution in [0.2, 0.25) is 0 Å². The molecule has 0 radical (unpaired) electrons. The summed E-state index contributed by atoms with van der Waals surface area (Å²) in [6.07, 6.45) is -4.58. The van der Waals surface area contributed by atoms with Gasteiger partial charge in [-0.25, -0.2) is 4.98 Å². The zero-order valence-electron chi connectivity index (χ0n) is 14.9. The third-order valence-electron chi connectivity index (χ3n) is 3.91. The highest BCUT2D eigenvalue weighted by Gasteiger charge is 2.41. The van der Waals surface area contributed by atoms with Crippen molar-refractivity contribution in [2.45, 2.75) is 29.8 Å². The highest BCUT2D eigenvalue weighted by molar-refractivity contribution is 7.98. The lowest BCUT2D eigenvalue weighted by Crippen LogP contribution is -2.38. The molecular formula is C20H17F3N2OS2. The van der Waals surface area contributed by atoms with E-state index in [9.17, 15) is 18.0 Å². The molecule has 146 valence electrons. The molecule has 28 heavy (non-hydrogen) atoms. The summed E-state index contributed by atoms with van der Waals surface area (Å²) < 4.78 is 40.2. The van der Waals surface area contributed by atoms with Crippen molar-refractivity contribution in [3.8, 4) is 0 Å². The van der Waals surface area contributed by atoms with Gasteiger partial charge in [0.15, 0.2) is 6.04 Å². The Morgan fingerprint density at radius 1 is 1.14 bits per heavy atom. The van der Waals surface area contributed by atoms with Crippen LogP contribution < -0.4 is 5.32 Å². The summed E-state index contributed by atoms with van der Waals surface area (Å²) in [5.41, 5.74) is 1.15. The topological polar surface area (TPSA) is 42.0 Å². The number of thioether (sulfide) groups is 1. The van der Waals surface area contributed by atoms with Gasteiger partial charge < -0.3 is 5.32 Å². The summed E-state index contributed by atoms with van der Waals surface area (Å²) in [5, 5.41) is 5.08. The molecule has 0 aliphatic carbocycles. The molecule has 3 rings (SSSR count). The molecule has 3 aromatic rings. The van der Waals surface area contributed by atoms with E-state index in [4.69, 9.17) is 0 Å². The van der Waals surface area contributed by atoms with Crippen LogP contribution in [-0.2, 0) is 5.75 Å². The average molecular weight is 422 g/mol. The molecule has 0 fully saturated rings. The highest BCUT2D eigenvalue weighted by Crippen LogP contribution is 2.33. The molecule has 1 atom stereocenters. The lowest BCUT2D eigenvalue weighted by Gasteiger charge is -2.22. The number of nitrogens with zero attached hydrogens (tertiary/aromatic N) is 1. The number of aryl methyl sites for hydroxylation is 1. The lowest BCUT2D eigenvalue weighted by atomic mass is 10.1. The Kier molecular flexibility index (Phi) is 6.41. The number of hydrogen-bond acceptors (Lipinski definition) is 4. The summed E-state index contributed by atoms with van der Waals surface area (Å²) in [4.78, 5) is 17.6. The molecular weight excluding hydrogens is 405 g/mol. The Morgan fingerprint density at radius 3 is 2.39 bits per heavy atom. The van der Waals surface area contributed by atoms with Crippen molar-refractivity contribution in [2.24, 2.45) is 0 Å². The highest BCUT2D eigenvalue weighted by atomic mass is 32.2. The van der Waals surface area contributed by atoms with Crippen LogP contribution in [0.1, 0.15) is 32.7 Å². The van der Waals surface area contributed by atoms with Crippen LogP contribution in [-0.4, -0.2) is 17.1 Å². The van der Waals surface area contributed by atoms with E-state index in [1.807, 2.05) is 12.3 Å². The molecule has 0 spiro atoms. The SMILES string of the molecule is Cc1nc(CSc2ccc(C(=O)NC(c3ccccc3)C(F)(F)F)cc2)cs1. The minimum Gasteiger partial charge on any atom is -0.337 e. The van der Waals surface area contributed by atoms with Gasteiger partial charge in [0.1, 0.15) is 0 Å². The molecule has 1 heterocycles. The van der Waals surface area contributed by atoms with Crippen molar-refractivity contribution < 1.29 is 18.0 Å². The fourth-order valence-electron chi connectivity index (χ4n) is 2.55. The van der Waals surface area contributed by atoms with Gasteiger partial charge in [0.2, 0.25) is 0 Å². The standard InChI is InChI=1S/C20H17F3N2OS2/c1-13-24-16(11-27-13)12-28-17-9-7-15(8-10-17)19(26)25-18(20(21,22)23)14-5-3-2-4-6-14/h2-11,18H,12H2,1H3,(H,25,26). The first kappa shape index (κ1) is 20.4. The Morgan fingerprint density at radius 2 is 1.82 bits per heavy atom. The number of hydrogen-bond donors (Lipinski definition) is 1. The number of alkyl halides is 3. The average Bonchev–Trinajstić information content (AvgIpc) is 3.09. The summed E-state index contributed by atoms with van der Waals surface area (Å²) in [7, 11) is 0. The molecule has 1 amide bonds. The molecule has 0 saturated heterocycles. The van der Waals surface area contributed by atoms with Gasteiger partial charge in [-0.2, -0.15) is 13.2 Å². The van der Waals surface area contributed by atoms with Crippen LogP contribution in [0.15, 0.2) is 64.9 Å². The summed E-state index contributed by atoms with van der Waals surface area (Å²) in [6.45, 7) is 1.94. The molecule has 1 unspecified atom stereocenters. The molecule has 0 aliphatic rings. The maximum Gasteiger partial charge on any atom is 0.412 e. The fraction of sp³-hybridized carbons (Fsp3) is 0.200. The second-order valence-corrected chi connectivity index (χ2v) is 8.14. The molecule has 1 N–H and O–H groups in total. The van der Waals surface area contributed by atoms with Gasteiger partial charge in [-0.05, 0) is 36.8 Å². The molecule has 0 bridgehead atoms. The van der Waals surface area contributed by atoms with E-state index >= 15 is 0 Å². The second kappa shape index (κ2) is 8.79. The van der Waals surface area contributed by atoms with E-state index in [1.165, 1.54) is 36.4 Å². The molecule has 3 nitrogen and oxygen atoms in total. The van der Waals surface area contributed by atoms with Crippen molar-refractivity contribution in [2.75, 3.05) is 0 Å². The first-order valence-electron chi connectivity index (χ1n) is 8.39. The first-order valence-corrected chi connectivity index (χ1v) is 10.3. The summed E-state index contributed by atoms with van der Waals surface area (Å²) >= 11 is 3.14. The molecule has 1 aromatic heterocycles. The Labute approximate surface area is 169 Å². The van der Waals surface area contributed by atoms with E-state index in [0.717, 1.165) is 15.6 Å². The quantitative estimate of drug-likeness (QED) is 0.512. The number of rotatable bonds is 6. The maximum absolute atomic E-state index is 13.4. The minimum absolute atomic E-state index is 0.00548. The summed E-state index contributed by atoms with van der Waals surface area (Å²) in [5.74, 6) is -0.0714. The van der Waals surface area contributed by atoms with Gasteiger partial charge in [-0.1, -0.05) is 30.3 Å². The molecule has 0 saturated carbocycles. The minimum atomic E-state index is -4.58. The van der Waals surface area contributed by atoms with Crippen LogP contribution in [0, 0.1) is 6.92 Å². The maximum atomic E-state index is 13.4. The van der Waals surface area contributed by atoms with Gasteiger partial charge in [0.05, 0.1) is 10.7 Å². The van der Waals surface area contributed by atoms with Gasteiger partial charge in [0.25, 0.3) is 5.91 Å². The Balaban J connectivity index is 1.66. The zero-order valence-corrected chi connectivity index (χ0v) is 16.5. The van der Waals surface area contributed by atoms with Crippen LogP contribution in [0.3, 0.4) is 0 Å². The van der Waals surface area contributed by atoms with Crippen molar-refractivity contribution in [3.05, 3.63) is 81.8 Å². The van der Waals surface area contributed by atoms with Crippen LogP contribution >= 0.6 is 23.1 Å². The monoisotopic (exact) mass is 422 g/mol. The number of carbonyl (C=O) groups excluding carboxylic acids is 1.